The van der Waals surface area contributed by atoms with E-state index in [1.807, 2.05) is 34.6 Å². The van der Waals surface area contributed by atoms with E-state index >= 15 is 0 Å². The van der Waals surface area contributed by atoms with Crippen LogP contribution in [0.3, 0.4) is 0 Å². The van der Waals surface area contributed by atoms with Crippen LogP contribution in [0, 0.1) is 0 Å². The number of nitrogens with zero attached hydrogens (tertiary/aromatic N) is 3. The van der Waals surface area contributed by atoms with Crippen LogP contribution in [0.15, 0.2) is 52.7 Å². The van der Waals surface area contributed by atoms with Crippen LogP contribution in [-0.2, 0) is 9.59 Å². The molecule has 2 saturated heterocycles. The molecule has 0 aliphatic carbocycles. The maximum Gasteiger partial charge on any atom is 0.266 e. The third-order valence-corrected chi connectivity index (χ3v) is 7.91. The Morgan fingerprint density at radius 2 is 1.78 bits per heavy atom. The minimum Gasteiger partial charge on any atom is -0.368 e. The van der Waals surface area contributed by atoms with Crippen LogP contribution in [-0.4, -0.2) is 58.7 Å². The molecule has 1 aromatic carbocycles. The maximum absolute atomic E-state index is 12.6. The molecule has 2 aromatic rings. The molecular formula is C24H27N3O2S3. The topological polar surface area (TPSA) is 43.9 Å². The van der Waals surface area contributed by atoms with Gasteiger partial charge >= 0.3 is 0 Å². The number of carbonyl (C=O) groups is 2. The van der Waals surface area contributed by atoms with Crippen molar-refractivity contribution in [3.05, 3.63) is 57.6 Å². The van der Waals surface area contributed by atoms with Crippen LogP contribution in [0.1, 0.15) is 30.6 Å². The first kappa shape index (κ1) is 23.0. The van der Waals surface area contributed by atoms with Gasteiger partial charge in [0.15, 0.2) is 0 Å². The average Bonchev–Trinajstić information content (AvgIpc) is 3.43. The van der Waals surface area contributed by atoms with E-state index in [0.29, 0.717) is 22.2 Å². The monoisotopic (exact) mass is 485 g/mol. The highest BCUT2D eigenvalue weighted by Gasteiger charge is 2.31. The first-order valence-electron chi connectivity index (χ1n) is 11.0. The Balaban J connectivity index is 1.14. The smallest absolute Gasteiger partial charge is 0.266 e. The molecule has 4 rings (SSSR count). The molecule has 2 aliphatic rings. The summed E-state index contributed by atoms with van der Waals surface area (Å²) in [5, 5.41) is 2.00. The highest BCUT2D eigenvalue weighted by atomic mass is 32.2. The number of piperazine rings is 1. The Morgan fingerprint density at radius 3 is 2.50 bits per heavy atom. The molecule has 0 unspecified atom stereocenters. The van der Waals surface area contributed by atoms with Crippen LogP contribution in [0.2, 0.25) is 0 Å². The average molecular weight is 486 g/mol. The fourth-order valence-electron chi connectivity index (χ4n) is 3.93. The summed E-state index contributed by atoms with van der Waals surface area (Å²) in [4.78, 5) is 33.0. The molecule has 0 N–H and O–H groups in total. The molecule has 0 radical (unpaired) electrons. The van der Waals surface area contributed by atoms with Gasteiger partial charge in [0, 0.05) is 49.7 Å². The summed E-state index contributed by atoms with van der Waals surface area (Å²) in [5.74, 6) is 0.239. The number of thiophene rings is 1. The molecule has 168 valence electrons. The summed E-state index contributed by atoms with van der Waals surface area (Å²) < 4.78 is 0.630. The molecule has 3 heterocycles. The van der Waals surface area contributed by atoms with Gasteiger partial charge in [-0.25, -0.2) is 0 Å². The Kier molecular flexibility index (Phi) is 8.00. The van der Waals surface area contributed by atoms with Crippen molar-refractivity contribution < 1.29 is 9.59 Å². The minimum atomic E-state index is 0.000707. The predicted molar refractivity (Wildman–Crippen MR) is 138 cm³/mol. The molecular weight excluding hydrogens is 458 g/mol. The van der Waals surface area contributed by atoms with Crippen molar-refractivity contribution in [3.63, 3.8) is 0 Å². The van der Waals surface area contributed by atoms with E-state index in [9.17, 15) is 9.59 Å². The molecule has 5 nitrogen and oxygen atoms in total. The molecule has 2 aliphatic heterocycles. The lowest BCUT2D eigenvalue weighted by molar-refractivity contribution is -0.131. The number of hydrogen-bond donors (Lipinski definition) is 0. The van der Waals surface area contributed by atoms with E-state index in [4.69, 9.17) is 12.2 Å². The van der Waals surface area contributed by atoms with Gasteiger partial charge < -0.3 is 9.80 Å². The molecule has 2 fully saturated rings. The highest BCUT2D eigenvalue weighted by molar-refractivity contribution is 8.26. The van der Waals surface area contributed by atoms with Crippen LogP contribution in [0.5, 0.6) is 0 Å². The zero-order chi connectivity index (χ0) is 22.3. The van der Waals surface area contributed by atoms with Crippen molar-refractivity contribution in [3.8, 4) is 0 Å². The molecule has 0 spiro atoms. The largest absolute Gasteiger partial charge is 0.368 e. The lowest BCUT2D eigenvalue weighted by atomic mass is 10.1. The summed E-state index contributed by atoms with van der Waals surface area (Å²) in [6, 6.07) is 14.3. The predicted octanol–water partition coefficient (Wildman–Crippen LogP) is 4.86. The number of anilines is 1. The number of amides is 2. The number of thioether (sulfide) groups is 1. The van der Waals surface area contributed by atoms with Gasteiger partial charge in [-0.05, 0) is 42.5 Å². The van der Waals surface area contributed by atoms with Crippen molar-refractivity contribution in [2.45, 2.75) is 25.7 Å². The van der Waals surface area contributed by atoms with Crippen molar-refractivity contribution in [1.82, 2.24) is 9.80 Å². The molecule has 0 atom stereocenters. The Bertz CT molecular complexity index is 968. The SMILES string of the molecule is O=C(CCCCCN1C(=O)/C(=C/c2cccs2)SC1=S)N1CCN(c2ccccc2)CC1. The summed E-state index contributed by atoms with van der Waals surface area (Å²) in [5.41, 5.74) is 1.22. The third kappa shape index (κ3) is 5.79. The molecule has 1 aromatic heterocycles. The van der Waals surface area contributed by atoms with E-state index in [0.717, 1.165) is 50.3 Å². The van der Waals surface area contributed by atoms with Crippen LogP contribution in [0.4, 0.5) is 5.69 Å². The Morgan fingerprint density at radius 1 is 1.00 bits per heavy atom. The number of benzene rings is 1. The summed E-state index contributed by atoms with van der Waals surface area (Å²) in [6.07, 6.45) is 5.10. The van der Waals surface area contributed by atoms with Crippen LogP contribution in [0.25, 0.3) is 6.08 Å². The minimum absolute atomic E-state index is 0.000707. The third-order valence-electron chi connectivity index (χ3n) is 5.72. The number of hydrogen-bond acceptors (Lipinski definition) is 6. The van der Waals surface area contributed by atoms with Crippen molar-refractivity contribution in [2.24, 2.45) is 0 Å². The lowest BCUT2D eigenvalue weighted by Gasteiger charge is -2.36. The maximum atomic E-state index is 12.6. The van der Waals surface area contributed by atoms with Gasteiger partial charge in [-0.1, -0.05) is 54.7 Å². The fourth-order valence-corrected chi connectivity index (χ4v) is 5.96. The molecule has 8 heteroatoms. The molecule has 2 amide bonds. The van der Waals surface area contributed by atoms with Crippen molar-refractivity contribution >= 4 is 63.2 Å². The second-order valence-electron chi connectivity index (χ2n) is 7.86. The van der Waals surface area contributed by atoms with Gasteiger partial charge in [-0.3, -0.25) is 14.5 Å². The second-order valence-corrected chi connectivity index (χ2v) is 10.5. The van der Waals surface area contributed by atoms with Gasteiger partial charge in [0.2, 0.25) is 5.91 Å². The van der Waals surface area contributed by atoms with Crippen LogP contribution >= 0.6 is 35.3 Å². The van der Waals surface area contributed by atoms with Crippen molar-refractivity contribution in [1.29, 1.82) is 0 Å². The first-order valence-corrected chi connectivity index (χ1v) is 13.1. The number of rotatable bonds is 8. The normalized spacial score (nSPS) is 18.1. The molecule has 0 saturated carbocycles. The summed E-state index contributed by atoms with van der Waals surface area (Å²) in [6.45, 7) is 3.94. The van der Waals surface area contributed by atoms with Crippen molar-refractivity contribution in [2.75, 3.05) is 37.6 Å². The number of thiocarbonyl (C=S) groups is 1. The number of unbranched alkanes of at least 4 members (excludes halogenated alkanes) is 2. The summed E-state index contributed by atoms with van der Waals surface area (Å²) in [7, 11) is 0. The second kappa shape index (κ2) is 11.1. The van der Waals surface area contributed by atoms with E-state index in [1.54, 1.807) is 16.2 Å². The Labute approximate surface area is 203 Å². The van der Waals surface area contributed by atoms with E-state index < -0.39 is 0 Å². The van der Waals surface area contributed by atoms with Gasteiger partial charge in [0.1, 0.15) is 4.32 Å². The van der Waals surface area contributed by atoms with E-state index in [-0.39, 0.29) is 11.8 Å². The summed E-state index contributed by atoms with van der Waals surface area (Å²) >= 11 is 8.39. The standard InChI is InChI=1S/C24H27N3O2S3/c28-22(26-15-13-25(14-16-26)19-8-3-1-4-9-19)11-5-2-6-12-27-23(29)21(32-24(27)30)18-20-10-7-17-31-20/h1,3-4,7-10,17-18H,2,5-6,11-16H2/b21-18-. The molecule has 32 heavy (non-hydrogen) atoms. The Hall–Kier alpha value is -2.16. The van der Waals surface area contributed by atoms with E-state index in [2.05, 4.69) is 29.2 Å². The quantitative estimate of drug-likeness (QED) is 0.304. The van der Waals surface area contributed by atoms with E-state index in [1.165, 1.54) is 17.4 Å². The van der Waals surface area contributed by atoms with Gasteiger partial charge in [-0.2, -0.15) is 0 Å². The molecule has 0 bridgehead atoms. The number of para-hydroxylation sites is 1. The van der Waals surface area contributed by atoms with Gasteiger partial charge in [-0.15, -0.1) is 11.3 Å². The first-order chi connectivity index (χ1) is 15.6. The highest BCUT2D eigenvalue weighted by Crippen LogP contribution is 2.33. The van der Waals surface area contributed by atoms with Gasteiger partial charge in [0.25, 0.3) is 5.91 Å². The zero-order valence-corrected chi connectivity index (χ0v) is 20.4. The fraction of sp³-hybridized carbons (Fsp3) is 0.375. The lowest BCUT2D eigenvalue weighted by Crippen LogP contribution is -2.48. The van der Waals surface area contributed by atoms with Crippen LogP contribution < -0.4 is 4.90 Å². The van der Waals surface area contributed by atoms with Gasteiger partial charge in [0.05, 0.1) is 4.91 Å². The zero-order valence-electron chi connectivity index (χ0n) is 17.9. The number of carbonyl (C=O) groups excluding carboxylic acids is 2.